The van der Waals surface area contributed by atoms with Crippen LogP contribution in [0.3, 0.4) is 0 Å². The van der Waals surface area contributed by atoms with Crippen LogP contribution in [0, 0.1) is 0 Å². The van der Waals surface area contributed by atoms with Crippen LogP contribution in [-0.4, -0.2) is 11.9 Å². The zero-order chi connectivity index (χ0) is 10.6. The number of rotatable bonds is 0. The average molecular weight is 239 g/mol. The molecule has 1 aliphatic rings. The van der Waals surface area contributed by atoms with E-state index in [9.17, 15) is 9.59 Å². The molecule has 0 saturated carbocycles. The largest absolute Gasteiger partial charge is 0.385 e. The standard InChI is InChI=1S/C10H3ClO3S/c11-4-1-2-6-5(3-4)7-8(15-6)10(13)14-9(7)12/h1-3H. The Labute approximate surface area is 93.2 Å². The monoisotopic (exact) mass is 238 g/mol. The van der Waals surface area contributed by atoms with Gasteiger partial charge in [0.05, 0.1) is 5.56 Å². The van der Waals surface area contributed by atoms with E-state index in [1.807, 2.05) is 0 Å². The smallest absolute Gasteiger partial charge is 0.357 e. The number of thiophene rings is 1. The van der Waals surface area contributed by atoms with Gasteiger partial charge >= 0.3 is 11.9 Å². The van der Waals surface area contributed by atoms with Gasteiger partial charge in [-0.15, -0.1) is 11.3 Å². The van der Waals surface area contributed by atoms with Crippen molar-refractivity contribution >= 4 is 45.0 Å². The van der Waals surface area contributed by atoms with Crippen molar-refractivity contribution in [2.24, 2.45) is 0 Å². The fraction of sp³-hybridized carbons (Fsp3) is 0. The van der Waals surface area contributed by atoms with Crippen molar-refractivity contribution in [3.63, 3.8) is 0 Å². The van der Waals surface area contributed by atoms with E-state index in [0.717, 1.165) is 4.70 Å². The number of carbonyl (C=O) groups excluding carboxylic acids is 2. The summed E-state index contributed by atoms with van der Waals surface area (Å²) in [5, 5.41) is 1.23. The van der Waals surface area contributed by atoms with Crippen molar-refractivity contribution < 1.29 is 14.3 Å². The van der Waals surface area contributed by atoms with Crippen LogP contribution in [0.2, 0.25) is 5.02 Å². The van der Waals surface area contributed by atoms with Crippen LogP contribution in [0.5, 0.6) is 0 Å². The number of carbonyl (C=O) groups is 2. The van der Waals surface area contributed by atoms with Gasteiger partial charge in [0, 0.05) is 15.1 Å². The van der Waals surface area contributed by atoms with Crippen LogP contribution in [0.1, 0.15) is 20.0 Å². The van der Waals surface area contributed by atoms with E-state index in [2.05, 4.69) is 4.74 Å². The van der Waals surface area contributed by atoms with Gasteiger partial charge in [-0.05, 0) is 18.2 Å². The molecule has 0 radical (unpaired) electrons. The first-order valence-electron chi connectivity index (χ1n) is 4.15. The predicted molar refractivity (Wildman–Crippen MR) is 56.6 cm³/mol. The van der Waals surface area contributed by atoms with Crippen LogP contribution in [0.4, 0.5) is 0 Å². The summed E-state index contributed by atoms with van der Waals surface area (Å²) in [6.45, 7) is 0. The second-order valence-electron chi connectivity index (χ2n) is 3.12. The van der Waals surface area contributed by atoms with Crippen molar-refractivity contribution in [2.75, 3.05) is 0 Å². The number of halogens is 1. The fourth-order valence-corrected chi connectivity index (χ4v) is 2.82. The zero-order valence-corrected chi connectivity index (χ0v) is 8.82. The van der Waals surface area contributed by atoms with Gasteiger partial charge in [-0.1, -0.05) is 11.6 Å². The molecule has 2 heterocycles. The highest BCUT2D eigenvalue weighted by Gasteiger charge is 2.34. The van der Waals surface area contributed by atoms with E-state index in [1.54, 1.807) is 18.2 Å². The minimum absolute atomic E-state index is 0.350. The molecule has 1 aliphatic heterocycles. The van der Waals surface area contributed by atoms with Crippen LogP contribution >= 0.6 is 22.9 Å². The van der Waals surface area contributed by atoms with E-state index in [0.29, 0.717) is 20.8 Å². The summed E-state index contributed by atoms with van der Waals surface area (Å²) in [5.41, 5.74) is 0.350. The molecular weight excluding hydrogens is 236 g/mol. The minimum Gasteiger partial charge on any atom is -0.385 e. The maximum absolute atomic E-state index is 11.4. The highest BCUT2D eigenvalue weighted by atomic mass is 35.5. The molecule has 1 aromatic heterocycles. The molecule has 5 heteroatoms. The Morgan fingerprint density at radius 3 is 2.80 bits per heavy atom. The number of fused-ring (bicyclic) bond motifs is 3. The lowest BCUT2D eigenvalue weighted by Crippen LogP contribution is -1.97. The summed E-state index contributed by atoms with van der Waals surface area (Å²) < 4.78 is 5.38. The molecule has 2 aromatic rings. The number of hydrogen-bond acceptors (Lipinski definition) is 4. The van der Waals surface area contributed by atoms with Gasteiger partial charge in [0.15, 0.2) is 0 Å². The Kier molecular flexibility index (Phi) is 1.66. The molecule has 0 saturated heterocycles. The molecule has 0 fully saturated rings. The van der Waals surface area contributed by atoms with Crippen molar-refractivity contribution in [1.82, 2.24) is 0 Å². The van der Waals surface area contributed by atoms with Gasteiger partial charge in [-0.3, -0.25) is 0 Å². The lowest BCUT2D eigenvalue weighted by molar-refractivity contribution is 0.0446. The van der Waals surface area contributed by atoms with E-state index in [1.165, 1.54) is 11.3 Å². The van der Waals surface area contributed by atoms with E-state index in [-0.39, 0.29) is 0 Å². The van der Waals surface area contributed by atoms with Crippen molar-refractivity contribution in [2.45, 2.75) is 0 Å². The summed E-state index contributed by atoms with van der Waals surface area (Å²) in [7, 11) is 0. The summed E-state index contributed by atoms with van der Waals surface area (Å²) in [5.74, 6) is -1.14. The summed E-state index contributed by atoms with van der Waals surface area (Å²) in [6.07, 6.45) is 0. The Morgan fingerprint density at radius 2 is 2.00 bits per heavy atom. The van der Waals surface area contributed by atoms with Gasteiger partial charge in [0.1, 0.15) is 4.88 Å². The molecule has 0 spiro atoms. The number of ether oxygens (including phenoxy) is 1. The maximum Gasteiger partial charge on any atom is 0.357 e. The molecule has 0 N–H and O–H groups in total. The fourth-order valence-electron chi connectivity index (χ4n) is 1.60. The lowest BCUT2D eigenvalue weighted by Gasteiger charge is -1.93. The minimum atomic E-state index is -0.580. The molecule has 0 unspecified atom stereocenters. The van der Waals surface area contributed by atoms with Gasteiger partial charge in [0.2, 0.25) is 0 Å². The molecule has 74 valence electrons. The summed E-state index contributed by atoms with van der Waals surface area (Å²) in [6, 6.07) is 5.19. The van der Waals surface area contributed by atoms with Crippen LogP contribution in [0.15, 0.2) is 18.2 Å². The summed E-state index contributed by atoms with van der Waals surface area (Å²) in [4.78, 5) is 23.0. The third kappa shape index (κ3) is 1.12. The molecule has 3 rings (SSSR count). The molecule has 0 atom stereocenters. The van der Waals surface area contributed by atoms with Crippen LogP contribution < -0.4 is 0 Å². The first kappa shape index (κ1) is 8.88. The van der Waals surface area contributed by atoms with Gasteiger partial charge in [-0.2, -0.15) is 0 Å². The Balaban J connectivity index is 2.46. The van der Waals surface area contributed by atoms with Crippen molar-refractivity contribution in [1.29, 1.82) is 0 Å². The highest BCUT2D eigenvalue weighted by molar-refractivity contribution is 7.21. The van der Waals surface area contributed by atoms with Crippen molar-refractivity contribution in [3.8, 4) is 0 Å². The molecule has 0 amide bonds. The molecule has 0 bridgehead atoms. The number of hydrogen-bond donors (Lipinski definition) is 0. The first-order chi connectivity index (χ1) is 7.16. The Bertz CT molecular complexity index is 614. The first-order valence-corrected chi connectivity index (χ1v) is 5.35. The Morgan fingerprint density at radius 1 is 1.20 bits per heavy atom. The summed E-state index contributed by atoms with van der Waals surface area (Å²) >= 11 is 7.08. The highest BCUT2D eigenvalue weighted by Crippen LogP contribution is 2.37. The second-order valence-corrected chi connectivity index (χ2v) is 4.61. The molecule has 0 aliphatic carbocycles. The lowest BCUT2D eigenvalue weighted by atomic mass is 10.1. The zero-order valence-electron chi connectivity index (χ0n) is 7.24. The van der Waals surface area contributed by atoms with E-state index >= 15 is 0 Å². The van der Waals surface area contributed by atoms with Gasteiger partial charge in [-0.25, -0.2) is 9.59 Å². The molecule has 15 heavy (non-hydrogen) atoms. The van der Waals surface area contributed by atoms with Gasteiger partial charge < -0.3 is 4.74 Å². The van der Waals surface area contributed by atoms with Crippen LogP contribution in [-0.2, 0) is 4.74 Å². The SMILES string of the molecule is O=C1OC(=O)c2c1sc1ccc(Cl)cc21. The molecule has 1 aromatic carbocycles. The van der Waals surface area contributed by atoms with Crippen LogP contribution in [0.25, 0.3) is 10.1 Å². The van der Waals surface area contributed by atoms with E-state index in [4.69, 9.17) is 11.6 Å². The maximum atomic E-state index is 11.4. The number of benzene rings is 1. The topological polar surface area (TPSA) is 43.4 Å². The Hall–Kier alpha value is -1.39. The quantitative estimate of drug-likeness (QED) is 0.524. The third-order valence-electron chi connectivity index (χ3n) is 2.22. The average Bonchev–Trinajstić information content (AvgIpc) is 2.67. The predicted octanol–water partition coefficient (Wildman–Crippen LogP) is 2.87. The third-order valence-corrected chi connectivity index (χ3v) is 3.61. The molecular formula is C10H3ClO3S. The van der Waals surface area contributed by atoms with E-state index < -0.39 is 11.9 Å². The number of cyclic esters (lactones) is 2. The number of esters is 2. The normalized spacial score (nSPS) is 14.5. The molecule has 3 nitrogen and oxygen atoms in total. The second kappa shape index (κ2) is 2.81. The van der Waals surface area contributed by atoms with Gasteiger partial charge in [0.25, 0.3) is 0 Å². The van der Waals surface area contributed by atoms with Crippen molar-refractivity contribution in [3.05, 3.63) is 33.7 Å².